The zero-order valence-corrected chi connectivity index (χ0v) is 12.2. The molecule has 0 saturated carbocycles. The zero-order valence-electron chi connectivity index (χ0n) is 12.2. The Morgan fingerprint density at radius 1 is 1.05 bits per heavy atom. The molecular weight excluding hydrogens is 278 g/mol. The number of anilines is 1. The Morgan fingerprint density at radius 3 is 2.05 bits per heavy atom. The first-order chi connectivity index (χ1) is 10.0. The van der Waals surface area contributed by atoms with E-state index in [1.165, 1.54) is 21.3 Å². The lowest BCUT2D eigenvalue weighted by atomic mass is 10.2. The Kier molecular flexibility index (Phi) is 6.32. The quantitative estimate of drug-likeness (QED) is 0.753. The fourth-order valence-electron chi connectivity index (χ4n) is 1.77. The molecule has 0 aliphatic carbocycles. The van der Waals surface area contributed by atoms with Crippen LogP contribution in [0.15, 0.2) is 12.1 Å². The third-order valence-corrected chi connectivity index (χ3v) is 2.73. The van der Waals surface area contributed by atoms with Gasteiger partial charge in [0.25, 0.3) is 0 Å². The topological polar surface area (TPSA) is 96.9 Å². The molecule has 1 N–H and O–H groups in total. The van der Waals surface area contributed by atoms with E-state index in [0.717, 1.165) is 0 Å². The minimum atomic E-state index is -1.17. The normalized spacial score (nSPS) is 9.86. The van der Waals surface area contributed by atoms with Crippen LogP contribution in [0.4, 0.5) is 5.69 Å². The molecule has 1 amide bonds. The van der Waals surface area contributed by atoms with Gasteiger partial charge in [-0.25, -0.2) is 0 Å². The molecule has 1 aromatic rings. The van der Waals surface area contributed by atoms with Crippen molar-refractivity contribution in [2.45, 2.75) is 19.3 Å². The number of carbonyl (C=O) groups excluding carboxylic acids is 2. The average Bonchev–Trinajstić information content (AvgIpc) is 2.45. The average molecular weight is 296 g/mol. The van der Waals surface area contributed by atoms with E-state index < -0.39 is 5.97 Å². The summed E-state index contributed by atoms with van der Waals surface area (Å²) in [5.74, 6) is -0.208. The van der Waals surface area contributed by atoms with Gasteiger partial charge < -0.3 is 29.4 Å². The Hall–Kier alpha value is -2.44. The monoisotopic (exact) mass is 296 g/mol. The number of carboxylic acid groups (broad SMARTS) is 1. The Labute approximate surface area is 122 Å². The number of ether oxygens (including phenoxy) is 3. The number of aliphatic carboxylic acids is 1. The van der Waals surface area contributed by atoms with Crippen LogP contribution in [0.5, 0.6) is 17.2 Å². The second-order valence-corrected chi connectivity index (χ2v) is 4.19. The Morgan fingerprint density at radius 2 is 1.62 bits per heavy atom. The highest BCUT2D eigenvalue weighted by Crippen LogP contribution is 2.39. The zero-order chi connectivity index (χ0) is 15.8. The highest BCUT2D eigenvalue weighted by Gasteiger charge is 2.14. The van der Waals surface area contributed by atoms with E-state index in [1.54, 1.807) is 12.1 Å². The van der Waals surface area contributed by atoms with Crippen LogP contribution in [0.3, 0.4) is 0 Å². The number of hydrogen-bond donors (Lipinski definition) is 1. The molecule has 116 valence electrons. The van der Waals surface area contributed by atoms with Crippen molar-refractivity contribution in [1.82, 2.24) is 0 Å². The van der Waals surface area contributed by atoms with Crippen molar-refractivity contribution >= 4 is 17.6 Å². The fraction of sp³-hybridized carbons (Fsp3) is 0.429. The van der Waals surface area contributed by atoms with Crippen LogP contribution in [0.25, 0.3) is 0 Å². The van der Waals surface area contributed by atoms with Gasteiger partial charge in [-0.3, -0.25) is 4.79 Å². The number of benzene rings is 1. The van der Waals surface area contributed by atoms with E-state index in [-0.39, 0.29) is 25.2 Å². The maximum Gasteiger partial charge on any atom is 0.224 e. The smallest absolute Gasteiger partial charge is 0.224 e. The molecule has 1 aromatic carbocycles. The molecule has 0 aliphatic heterocycles. The summed E-state index contributed by atoms with van der Waals surface area (Å²) < 4.78 is 15.5. The van der Waals surface area contributed by atoms with Gasteiger partial charge in [-0.15, -0.1) is 0 Å². The van der Waals surface area contributed by atoms with Gasteiger partial charge in [-0.1, -0.05) is 0 Å². The predicted molar refractivity (Wildman–Crippen MR) is 73.6 cm³/mol. The lowest BCUT2D eigenvalue weighted by Gasteiger charge is -2.14. The first-order valence-corrected chi connectivity index (χ1v) is 6.31. The first kappa shape index (κ1) is 16.6. The molecule has 0 fully saturated rings. The highest BCUT2D eigenvalue weighted by molar-refractivity contribution is 5.91. The number of methoxy groups -OCH3 is 3. The van der Waals surface area contributed by atoms with Crippen molar-refractivity contribution in [3.05, 3.63) is 12.1 Å². The van der Waals surface area contributed by atoms with Crippen molar-refractivity contribution in [3.63, 3.8) is 0 Å². The SMILES string of the molecule is COc1cc(NC(=O)CCCC(=O)[O-])cc(OC)c1OC. The van der Waals surface area contributed by atoms with Gasteiger partial charge in [0.1, 0.15) is 0 Å². The number of nitrogens with one attached hydrogen (secondary N) is 1. The van der Waals surface area contributed by atoms with Crippen LogP contribution in [0.1, 0.15) is 19.3 Å². The molecule has 0 heterocycles. The number of amides is 1. The van der Waals surface area contributed by atoms with E-state index in [9.17, 15) is 14.7 Å². The summed E-state index contributed by atoms with van der Waals surface area (Å²) in [5, 5.41) is 12.9. The van der Waals surface area contributed by atoms with Gasteiger partial charge in [0.05, 0.1) is 21.3 Å². The van der Waals surface area contributed by atoms with Gasteiger partial charge in [-0.2, -0.15) is 0 Å². The van der Waals surface area contributed by atoms with Crippen LogP contribution < -0.4 is 24.6 Å². The molecule has 7 heteroatoms. The summed E-state index contributed by atoms with van der Waals surface area (Å²) in [6.45, 7) is 0. The van der Waals surface area contributed by atoms with E-state index in [0.29, 0.717) is 22.9 Å². The molecular formula is C14H18NO6-. The van der Waals surface area contributed by atoms with Crippen LogP contribution in [0, 0.1) is 0 Å². The number of rotatable bonds is 8. The van der Waals surface area contributed by atoms with E-state index in [1.807, 2.05) is 0 Å². The number of hydrogen-bond acceptors (Lipinski definition) is 6. The second kappa shape index (κ2) is 7.98. The molecule has 7 nitrogen and oxygen atoms in total. The van der Waals surface area contributed by atoms with Crippen molar-refractivity contribution in [3.8, 4) is 17.2 Å². The highest BCUT2D eigenvalue weighted by atomic mass is 16.5. The first-order valence-electron chi connectivity index (χ1n) is 6.31. The predicted octanol–water partition coefficient (Wildman–Crippen LogP) is 0.571. The third-order valence-electron chi connectivity index (χ3n) is 2.73. The van der Waals surface area contributed by atoms with E-state index in [4.69, 9.17) is 14.2 Å². The van der Waals surface area contributed by atoms with Crippen LogP contribution >= 0.6 is 0 Å². The van der Waals surface area contributed by atoms with Gasteiger partial charge in [0.15, 0.2) is 11.5 Å². The van der Waals surface area contributed by atoms with Gasteiger partial charge >= 0.3 is 0 Å². The largest absolute Gasteiger partial charge is 0.550 e. The van der Waals surface area contributed by atoms with Gasteiger partial charge in [-0.05, 0) is 12.8 Å². The molecule has 0 spiro atoms. The van der Waals surface area contributed by atoms with Crippen LogP contribution in [-0.4, -0.2) is 33.2 Å². The number of carbonyl (C=O) groups is 2. The second-order valence-electron chi connectivity index (χ2n) is 4.19. The molecule has 21 heavy (non-hydrogen) atoms. The molecule has 0 atom stereocenters. The molecule has 0 saturated heterocycles. The van der Waals surface area contributed by atoms with Gasteiger partial charge in [0.2, 0.25) is 11.7 Å². The lowest BCUT2D eigenvalue weighted by Crippen LogP contribution is -2.22. The lowest BCUT2D eigenvalue weighted by molar-refractivity contribution is -0.305. The summed E-state index contributed by atoms with van der Waals surface area (Å²) in [6.07, 6.45) is 0.159. The van der Waals surface area contributed by atoms with Crippen molar-refractivity contribution in [2.24, 2.45) is 0 Å². The third kappa shape index (κ3) is 4.87. The fourth-order valence-corrected chi connectivity index (χ4v) is 1.77. The summed E-state index contributed by atoms with van der Waals surface area (Å²) >= 11 is 0. The van der Waals surface area contributed by atoms with Crippen molar-refractivity contribution in [2.75, 3.05) is 26.6 Å². The maximum atomic E-state index is 11.7. The summed E-state index contributed by atoms with van der Waals surface area (Å²) in [7, 11) is 4.43. The molecule has 0 radical (unpaired) electrons. The minimum Gasteiger partial charge on any atom is -0.550 e. The number of carboxylic acids is 1. The van der Waals surface area contributed by atoms with Gasteiger partial charge in [0, 0.05) is 30.2 Å². The van der Waals surface area contributed by atoms with Crippen molar-refractivity contribution in [1.29, 1.82) is 0 Å². The van der Waals surface area contributed by atoms with Crippen molar-refractivity contribution < 1.29 is 28.9 Å². The van der Waals surface area contributed by atoms with Crippen LogP contribution in [-0.2, 0) is 9.59 Å². The summed E-state index contributed by atoms with van der Waals surface area (Å²) in [5.41, 5.74) is 0.475. The Balaban J connectivity index is 2.79. The molecule has 0 aromatic heterocycles. The maximum absolute atomic E-state index is 11.7. The molecule has 0 bridgehead atoms. The Bertz CT molecular complexity index is 489. The molecule has 0 aliphatic rings. The summed E-state index contributed by atoms with van der Waals surface area (Å²) in [4.78, 5) is 22.0. The minimum absolute atomic E-state index is 0.0879. The van der Waals surface area contributed by atoms with E-state index >= 15 is 0 Å². The van der Waals surface area contributed by atoms with Crippen LogP contribution in [0.2, 0.25) is 0 Å². The standard InChI is InChI=1S/C14H19NO6/c1-19-10-7-9(8-11(20-2)14(10)21-3)15-12(16)5-4-6-13(17)18/h7-8H,4-6H2,1-3H3,(H,15,16)(H,17,18)/p-1. The molecule has 1 rings (SSSR count). The molecule has 0 unspecified atom stereocenters. The van der Waals surface area contributed by atoms with E-state index in [2.05, 4.69) is 5.32 Å². The summed E-state index contributed by atoms with van der Waals surface area (Å²) in [6, 6.07) is 3.19.